The second-order valence-corrected chi connectivity index (χ2v) is 4.88. The van der Waals surface area contributed by atoms with Crippen LogP contribution in [-0.2, 0) is 16.0 Å². The Balaban J connectivity index is 2.99. The van der Waals surface area contributed by atoms with Crippen LogP contribution < -0.4 is 10.2 Å². The molecule has 120 valence electrons. The van der Waals surface area contributed by atoms with Gasteiger partial charge in [-0.1, -0.05) is 6.92 Å². The standard InChI is InChI=1S/C15H26FN3O2/c1-5-17-10-13-6-7-18-15(14(13)16)19(8-9-20-3)12(2)11-21-4/h6-7,12,17H,5,8-11H2,1-4H3. The van der Waals surface area contributed by atoms with Crippen molar-refractivity contribution in [2.75, 3.05) is 45.4 Å². The van der Waals surface area contributed by atoms with Gasteiger partial charge in [-0.3, -0.25) is 0 Å². The SMILES string of the molecule is CCNCc1ccnc(N(CCOC)C(C)COC)c1F. The molecule has 0 aliphatic rings. The summed E-state index contributed by atoms with van der Waals surface area (Å²) in [6.45, 7) is 6.84. The van der Waals surface area contributed by atoms with Crippen LogP contribution in [0.4, 0.5) is 10.2 Å². The van der Waals surface area contributed by atoms with Gasteiger partial charge in [-0.25, -0.2) is 9.37 Å². The maximum absolute atomic E-state index is 14.6. The van der Waals surface area contributed by atoms with Crippen LogP contribution in [0, 0.1) is 5.82 Å². The first-order valence-corrected chi connectivity index (χ1v) is 7.24. The number of hydrogen-bond donors (Lipinski definition) is 1. The molecule has 0 bridgehead atoms. The smallest absolute Gasteiger partial charge is 0.170 e. The lowest BCUT2D eigenvalue weighted by Gasteiger charge is -2.30. The summed E-state index contributed by atoms with van der Waals surface area (Å²) in [6.07, 6.45) is 1.64. The summed E-state index contributed by atoms with van der Waals surface area (Å²) < 4.78 is 24.9. The molecule has 6 heteroatoms. The van der Waals surface area contributed by atoms with Crippen molar-refractivity contribution < 1.29 is 13.9 Å². The van der Waals surface area contributed by atoms with E-state index in [9.17, 15) is 4.39 Å². The average molecular weight is 299 g/mol. The zero-order valence-electron chi connectivity index (χ0n) is 13.4. The molecule has 0 radical (unpaired) electrons. The molecule has 1 unspecified atom stereocenters. The number of rotatable bonds is 10. The van der Waals surface area contributed by atoms with E-state index in [0.29, 0.717) is 37.7 Å². The van der Waals surface area contributed by atoms with Crippen LogP contribution >= 0.6 is 0 Å². The van der Waals surface area contributed by atoms with Crippen LogP contribution in [0.1, 0.15) is 19.4 Å². The first kappa shape index (κ1) is 17.8. The maximum Gasteiger partial charge on any atom is 0.170 e. The van der Waals surface area contributed by atoms with E-state index >= 15 is 0 Å². The minimum absolute atomic E-state index is 0.0153. The molecule has 1 heterocycles. The molecule has 21 heavy (non-hydrogen) atoms. The Bertz CT molecular complexity index is 418. The van der Waals surface area contributed by atoms with E-state index in [1.54, 1.807) is 26.5 Å². The number of nitrogens with one attached hydrogen (secondary N) is 1. The summed E-state index contributed by atoms with van der Waals surface area (Å²) in [6, 6.07) is 1.72. The summed E-state index contributed by atoms with van der Waals surface area (Å²) in [7, 11) is 3.26. The second kappa shape index (κ2) is 9.65. The highest BCUT2D eigenvalue weighted by Crippen LogP contribution is 2.21. The number of nitrogens with zero attached hydrogens (tertiary/aromatic N) is 2. The maximum atomic E-state index is 14.6. The second-order valence-electron chi connectivity index (χ2n) is 4.88. The molecular formula is C15H26FN3O2. The number of aromatic nitrogens is 1. The first-order valence-electron chi connectivity index (χ1n) is 7.24. The third-order valence-electron chi connectivity index (χ3n) is 3.26. The van der Waals surface area contributed by atoms with Gasteiger partial charge < -0.3 is 19.7 Å². The van der Waals surface area contributed by atoms with Crippen LogP contribution in [0.15, 0.2) is 12.3 Å². The molecule has 0 spiro atoms. The summed E-state index contributed by atoms with van der Waals surface area (Å²) in [5.74, 6) is 0.0736. The molecule has 5 nitrogen and oxygen atoms in total. The predicted octanol–water partition coefficient (Wildman–Crippen LogP) is 1.82. The number of hydrogen-bond acceptors (Lipinski definition) is 5. The number of methoxy groups -OCH3 is 2. The van der Waals surface area contributed by atoms with Gasteiger partial charge in [0, 0.05) is 39.1 Å². The lowest BCUT2D eigenvalue weighted by Crippen LogP contribution is -2.40. The van der Waals surface area contributed by atoms with Crippen molar-refractivity contribution in [1.82, 2.24) is 10.3 Å². The quantitative estimate of drug-likeness (QED) is 0.714. The van der Waals surface area contributed by atoms with E-state index in [4.69, 9.17) is 9.47 Å². The molecule has 1 aromatic heterocycles. The summed E-state index contributed by atoms with van der Waals surface area (Å²) in [5.41, 5.74) is 0.619. The van der Waals surface area contributed by atoms with Crippen LogP contribution in [-0.4, -0.2) is 51.5 Å². The number of anilines is 1. The third-order valence-corrected chi connectivity index (χ3v) is 3.26. The highest BCUT2D eigenvalue weighted by Gasteiger charge is 2.20. The zero-order valence-corrected chi connectivity index (χ0v) is 13.4. The summed E-state index contributed by atoms with van der Waals surface area (Å²) in [5, 5.41) is 3.13. The van der Waals surface area contributed by atoms with Gasteiger partial charge >= 0.3 is 0 Å². The first-order chi connectivity index (χ1) is 10.2. The number of ether oxygens (including phenoxy) is 2. The molecule has 0 aliphatic heterocycles. The summed E-state index contributed by atoms with van der Waals surface area (Å²) >= 11 is 0. The summed E-state index contributed by atoms with van der Waals surface area (Å²) in [4.78, 5) is 6.10. The number of pyridine rings is 1. The van der Waals surface area contributed by atoms with Crippen molar-refractivity contribution in [3.63, 3.8) is 0 Å². The largest absolute Gasteiger partial charge is 0.383 e. The minimum Gasteiger partial charge on any atom is -0.383 e. The van der Waals surface area contributed by atoms with Gasteiger partial charge in [0.1, 0.15) is 0 Å². The Morgan fingerprint density at radius 2 is 2.14 bits per heavy atom. The Morgan fingerprint density at radius 3 is 2.76 bits per heavy atom. The molecule has 1 N–H and O–H groups in total. The van der Waals surface area contributed by atoms with Gasteiger partial charge in [0.25, 0.3) is 0 Å². The predicted molar refractivity (Wildman–Crippen MR) is 82.1 cm³/mol. The van der Waals surface area contributed by atoms with Crippen molar-refractivity contribution in [3.05, 3.63) is 23.6 Å². The van der Waals surface area contributed by atoms with Crippen LogP contribution in [0.2, 0.25) is 0 Å². The molecule has 1 rings (SSSR count). The third kappa shape index (κ3) is 5.22. The highest BCUT2D eigenvalue weighted by atomic mass is 19.1. The van der Waals surface area contributed by atoms with Crippen LogP contribution in [0.25, 0.3) is 0 Å². The van der Waals surface area contributed by atoms with Gasteiger partial charge in [0.05, 0.1) is 19.3 Å². The van der Waals surface area contributed by atoms with Gasteiger partial charge in [-0.15, -0.1) is 0 Å². The van der Waals surface area contributed by atoms with E-state index < -0.39 is 0 Å². The Hall–Kier alpha value is -1.24. The Kier molecular flexibility index (Phi) is 8.19. The van der Waals surface area contributed by atoms with E-state index in [1.165, 1.54) is 0 Å². The van der Waals surface area contributed by atoms with Crippen molar-refractivity contribution in [3.8, 4) is 0 Å². The normalized spacial score (nSPS) is 12.4. The van der Waals surface area contributed by atoms with Crippen molar-refractivity contribution in [2.45, 2.75) is 26.4 Å². The topological polar surface area (TPSA) is 46.6 Å². The van der Waals surface area contributed by atoms with Gasteiger partial charge in [-0.2, -0.15) is 0 Å². The van der Waals surface area contributed by atoms with E-state index in [1.807, 2.05) is 18.7 Å². The van der Waals surface area contributed by atoms with Gasteiger partial charge in [-0.05, 0) is 19.5 Å². The molecule has 0 saturated carbocycles. The Labute approximate surface area is 126 Å². The fourth-order valence-corrected chi connectivity index (χ4v) is 2.12. The molecule has 0 aliphatic carbocycles. The fourth-order valence-electron chi connectivity index (χ4n) is 2.12. The Morgan fingerprint density at radius 1 is 1.38 bits per heavy atom. The highest BCUT2D eigenvalue weighted by molar-refractivity contribution is 5.44. The van der Waals surface area contributed by atoms with Crippen molar-refractivity contribution in [1.29, 1.82) is 0 Å². The van der Waals surface area contributed by atoms with Crippen molar-refractivity contribution >= 4 is 5.82 Å². The molecule has 0 amide bonds. The molecule has 1 aromatic rings. The average Bonchev–Trinajstić information content (AvgIpc) is 2.48. The van der Waals surface area contributed by atoms with E-state index in [2.05, 4.69) is 10.3 Å². The van der Waals surface area contributed by atoms with Gasteiger partial charge in [0.2, 0.25) is 0 Å². The van der Waals surface area contributed by atoms with Gasteiger partial charge in [0.15, 0.2) is 11.6 Å². The van der Waals surface area contributed by atoms with Crippen LogP contribution in [0.3, 0.4) is 0 Å². The monoisotopic (exact) mass is 299 g/mol. The van der Waals surface area contributed by atoms with Crippen LogP contribution in [0.5, 0.6) is 0 Å². The van der Waals surface area contributed by atoms with E-state index in [0.717, 1.165) is 6.54 Å². The number of halogens is 1. The molecule has 0 fully saturated rings. The minimum atomic E-state index is -0.280. The van der Waals surface area contributed by atoms with E-state index in [-0.39, 0.29) is 11.9 Å². The fraction of sp³-hybridized carbons (Fsp3) is 0.667. The molecule has 0 saturated heterocycles. The van der Waals surface area contributed by atoms with Crippen molar-refractivity contribution in [2.24, 2.45) is 0 Å². The lowest BCUT2D eigenvalue weighted by molar-refractivity contribution is 0.170. The molecule has 1 atom stereocenters. The lowest BCUT2D eigenvalue weighted by atomic mass is 10.2. The zero-order chi connectivity index (χ0) is 15.7. The molecular weight excluding hydrogens is 273 g/mol. The molecule has 0 aromatic carbocycles.